The third kappa shape index (κ3) is 3.06. The van der Waals surface area contributed by atoms with Crippen LogP contribution in [-0.2, 0) is 0 Å². The van der Waals surface area contributed by atoms with Crippen LogP contribution in [0.15, 0.2) is 40.1 Å². The van der Waals surface area contributed by atoms with Gasteiger partial charge in [0.1, 0.15) is 11.2 Å². The number of hydrogen-bond donors (Lipinski definition) is 0. The normalized spacial score (nSPS) is 16.9. The van der Waals surface area contributed by atoms with Gasteiger partial charge in [-0.15, -0.1) is 0 Å². The van der Waals surface area contributed by atoms with Crippen molar-refractivity contribution in [1.82, 2.24) is 4.57 Å². The smallest absolute Gasteiger partial charge is 0.267 e. The number of carbonyl (C=O) groups is 1. The van der Waals surface area contributed by atoms with Gasteiger partial charge < -0.3 is 4.42 Å². The number of nitrogens with zero attached hydrogens (tertiary/aromatic N) is 2. The van der Waals surface area contributed by atoms with Crippen LogP contribution in [-0.4, -0.2) is 16.5 Å². The molecule has 2 aromatic rings. The fraction of sp³-hybridized carbons (Fsp3) is 0.444. The Labute approximate surface area is 130 Å². The van der Waals surface area contributed by atoms with Gasteiger partial charge in [0, 0.05) is 6.20 Å². The van der Waals surface area contributed by atoms with Gasteiger partial charge in [-0.3, -0.25) is 14.4 Å². The molecule has 3 rings (SSSR count). The predicted molar refractivity (Wildman–Crippen MR) is 84.8 cm³/mol. The summed E-state index contributed by atoms with van der Waals surface area (Å²) in [6.07, 6.45) is 9.36. The van der Waals surface area contributed by atoms with Crippen LogP contribution in [0, 0.1) is 13.8 Å². The Balaban J connectivity index is 2.02. The second kappa shape index (κ2) is 6.34. The van der Waals surface area contributed by atoms with Gasteiger partial charge in [0.2, 0.25) is 0 Å². The van der Waals surface area contributed by atoms with Gasteiger partial charge in [-0.05, 0) is 50.5 Å². The van der Waals surface area contributed by atoms with Gasteiger partial charge in [-0.2, -0.15) is 0 Å². The summed E-state index contributed by atoms with van der Waals surface area (Å²) < 4.78 is 6.89. The van der Waals surface area contributed by atoms with Crippen molar-refractivity contribution < 1.29 is 9.21 Å². The third-order valence-corrected chi connectivity index (χ3v) is 4.29. The Kier molecular flexibility index (Phi) is 4.27. The standard InChI is InChI=1S/C18H22N2O2/c1-13-8-10-20(18(21)16-9-11-22-14(16)2)17(12-13)19-15-6-4-3-5-7-15/h8-12,15H,3-7H2,1-2H3. The molecule has 2 heterocycles. The highest BCUT2D eigenvalue weighted by Crippen LogP contribution is 2.19. The van der Waals surface area contributed by atoms with Crippen LogP contribution < -0.4 is 5.49 Å². The van der Waals surface area contributed by atoms with E-state index >= 15 is 0 Å². The fourth-order valence-corrected chi connectivity index (χ4v) is 2.99. The average molecular weight is 298 g/mol. The van der Waals surface area contributed by atoms with Crippen LogP contribution in [0.5, 0.6) is 0 Å². The molecular formula is C18H22N2O2. The summed E-state index contributed by atoms with van der Waals surface area (Å²) in [6, 6.07) is 5.98. The summed E-state index contributed by atoms with van der Waals surface area (Å²) >= 11 is 0. The molecule has 0 aromatic carbocycles. The second-order valence-corrected chi connectivity index (χ2v) is 6.05. The molecule has 0 bridgehead atoms. The van der Waals surface area contributed by atoms with E-state index in [0.717, 1.165) is 23.9 Å². The van der Waals surface area contributed by atoms with Gasteiger partial charge in [-0.1, -0.05) is 19.3 Å². The highest BCUT2D eigenvalue weighted by atomic mass is 16.3. The van der Waals surface area contributed by atoms with E-state index in [9.17, 15) is 4.79 Å². The lowest BCUT2D eigenvalue weighted by atomic mass is 9.96. The fourth-order valence-electron chi connectivity index (χ4n) is 2.99. The summed E-state index contributed by atoms with van der Waals surface area (Å²) in [4.78, 5) is 17.6. The van der Waals surface area contributed by atoms with Crippen molar-refractivity contribution >= 4 is 5.91 Å². The Hall–Kier alpha value is -2.10. The van der Waals surface area contributed by atoms with E-state index in [0.29, 0.717) is 17.4 Å². The molecule has 0 unspecified atom stereocenters. The molecule has 4 nitrogen and oxygen atoms in total. The van der Waals surface area contributed by atoms with E-state index in [2.05, 4.69) is 0 Å². The number of furan rings is 1. The molecule has 0 saturated heterocycles. The lowest BCUT2D eigenvalue weighted by molar-refractivity contribution is 0.0953. The van der Waals surface area contributed by atoms with Gasteiger partial charge in [0.05, 0.1) is 17.9 Å². The average Bonchev–Trinajstić information content (AvgIpc) is 2.94. The van der Waals surface area contributed by atoms with Gasteiger partial charge in [0.15, 0.2) is 0 Å². The van der Waals surface area contributed by atoms with Gasteiger partial charge in [-0.25, -0.2) is 0 Å². The van der Waals surface area contributed by atoms with Gasteiger partial charge >= 0.3 is 0 Å². The Morgan fingerprint density at radius 3 is 2.68 bits per heavy atom. The molecule has 0 atom stereocenters. The minimum absolute atomic E-state index is 0.0826. The van der Waals surface area contributed by atoms with E-state index in [1.807, 2.05) is 25.3 Å². The van der Waals surface area contributed by atoms with Crippen LogP contribution in [0.25, 0.3) is 0 Å². The zero-order valence-electron chi connectivity index (χ0n) is 13.2. The molecule has 0 aliphatic heterocycles. The summed E-state index contributed by atoms with van der Waals surface area (Å²) in [5, 5.41) is 0. The van der Waals surface area contributed by atoms with Crippen LogP contribution in [0.1, 0.15) is 53.8 Å². The molecule has 2 aromatic heterocycles. The third-order valence-electron chi connectivity index (χ3n) is 4.29. The largest absolute Gasteiger partial charge is 0.469 e. The van der Waals surface area contributed by atoms with Crippen molar-refractivity contribution in [3.63, 3.8) is 0 Å². The minimum atomic E-state index is -0.0826. The number of hydrogen-bond acceptors (Lipinski definition) is 3. The SMILES string of the molecule is Cc1ccn(C(=O)c2ccoc2C)c(=NC2CCCCC2)c1. The molecule has 0 radical (unpaired) electrons. The topological polar surface area (TPSA) is 47.5 Å². The van der Waals surface area contributed by atoms with Crippen molar-refractivity contribution in [2.75, 3.05) is 0 Å². The lowest BCUT2D eigenvalue weighted by Gasteiger charge is -2.18. The van der Waals surface area contributed by atoms with E-state index in [-0.39, 0.29) is 5.91 Å². The van der Waals surface area contributed by atoms with Gasteiger partial charge in [0.25, 0.3) is 5.91 Å². The van der Waals surface area contributed by atoms with E-state index in [4.69, 9.17) is 9.41 Å². The first-order valence-electron chi connectivity index (χ1n) is 7.97. The van der Waals surface area contributed by atoms with E-state index < -0.39 is 0 Å². The molecule has 1 aliphatic carbocycles. The highest BCUT2D eigenvalue weighted by Gasteiger charge is 2.16. The summed E-state index contributed by atoms with van der Waals surface area (Å²) in [6.45, 7) is 3.83. The van der Waals surface area contributed by atoms with Crippen molar-refractivity contribution in [1.29, 1.82) is 0 Å². The number of rotatable bonds is 2. The summed E-state index contributed by atoms with van der Waals surface area (Å²) in [5.41, 5.74) is 2.45. The molecule has 0 spiro atoms. The Morgan fingerprint density at radius 1 is 1.23 bits per heavy atom. The lowest BCUT2D eigenvalue weighted by Crippen LogP contribution is -2.30. The maximum atomic E-state index is 12.7. The van der Waals surface area contributed by atoms with Crippen LogP contribution in [0.4, 0.5) is 0 Å². The molecule has 116 valence electrons. The van der Waals surface area contributed by atoms with Crippen molar-refractivity contribution in [3.05, 3.63) is 53.0 Å². The first-order valence-corrected chi connectivity index (χ1v) is 7.97. The van der Waals surface area contributed by atoms with Crippen LogP contribution in [0.3, 0.4) is 0 Å². The molecule has 4 heteroatoms. The van der Waals surface area contributed by atoms with Crippen LogP contribution in [0.2, 0.25) is 0 Å². The maximum Gasteiger partial charge on any atom is 0.267 e. The van der Waals surface area contributed by atoms with Crippen LogP contribution >= 0.6 is 0 Å². The summed E-state index contributed by atoms with van der Waals surface area (Å²) in [5.74, 6) is 0.558. The first-order chi connectivity index (χ1) is 10.6. The quantitative estimate of drug-likeness (QED) is 0.850. The molecule has 0 N–H and O–H groups in total. The maximum absolute atomic E-state index is 12.7. The zero-order valence-corrected chi connectivity index (χ0v) is 13.2. The first kappa shape index (κ1) is 14.8. The molecule has 1 aliphatic rings. The van der Waals surface area contributed by atoms with E-state index in [1.54, 1.807) is 23.8 Å². The molecular weight excluding hydrogens is 276 g/mol. The summed E-state index contributed by atoms with van der Waals surface area (Å²) in [7, 11) is 0. The van der Waals surface area contributed by atoms with Crippen molar-refractivity contribution in [3.8, 4) is 0 Å². The number of pyridine rings is 1. The molecule has 0 amide bonds. The van der Waals surface area contributed by atoms with Crippen molar-refractivity contribution in [2.45, 2.75) is 52.0 Å². The molecule has 22 heavy (non-hydrogen) atoms. The minimum Gasteiger partial charge on any atom is -0.469 e. The Morgan fingerprint density at radius 2 is 2.00 bits per heavy atom. The number of aryl methyl sites for hydroxylation is 2. The molecule has 1 fully saturated rings. The predicted octanol–water partition coefficient (Wildman–Crippen LogP) is 3.62. The highest BCUT2D eigenvalue weighted by molar-refractivity contribution is 5.96. The van der Waals surface area contributed by atoms with E-state index in [1.165, 1.54) is 19.3 Å². The zero-order chi connectivity index (χ0) is 15.5. The number of carbonyl (C=O) groups excluding carboxylic acids is 1. The van der Waals surface area contributed by atoms with Crippen molar-refractivity contribution in [2.24, 2.45) is 4.99 Å². The Bertz CT molecular complexity index is 734. The number of aromatic nitrogens is 1. The second-order valence-electron chi connectivity index (χ2n) is 6.05. The molecule has 1 saturated carbocycles. The monoisotopic (exact) mass is 298 g/mol.